The van der Waals surface area contributed by atoms with Gasteiger partial charge in [0.1, 0.15) is 11.7 Å². The van der Waals surface area contributed by atoms with Gasteiger partial charge in [0.05, 0.1) is 29.6 Å². The van der Waals surface area contributed by atoms with Crippen molar-refractivity contribution in [3.05, 3.63) is 59.4 Å². The van der Waals surface area contributed by atoms with Gasteiger partial charge in [0.15, 0.2) is 11.8 Å². The highest BCUT2D eigenvalue weighted by Gasteiger charge is 2.41. The van der Waals surface area contributed by atoms with Crippen molar-refractivity contribution in [3.63, 3.8) is 0 Å². The van der Waals surface area contributed by atoms with Gasteiger partial charge in [-0.15, -0.1) is 0 Å². The van der Waals surface area contributed by atoms with Crippen LogP contribution in [-0.4, -0.2) is 70.2 Å². The third-order valence-corrected chi connectivity index (χ3v) is 7.71. The van der Waals surface area contributed by atoms with Crippen molar-refractivity contribution in [2.45, 2.75) is 51.6 Å². The summed E-state index contributed by atoms with van der Waals surface area (Å²) in [5.41, 5.74) is 8.43. The highest BCUT2D eigenvalue weighted by atomic mass is 16.5. The summed E-state index contributed by atoms with van der Waals surface area (Å²) in [5.74, 6) is -0.250. The van der Waals surface area contributed by atoms with Crippen molar-refractivity contribution in [2.24, 2.45) is 12.8 Å². The van der Waals surface area contributed by atoms with Crippen LogP contribution in [0.15, 0.2) is 42.5 Å². The van der Waals surface area contributed by atoms with Crippen LogP contribution in [0.5, 0.6) is 0 Å². The number of ether oxygens (including phenoxy) is 1. The van der Waals surface area contributed by atoms with Gasteiger partial charge in [-0.25, -0.2) is 9.78 Å². The molecule has 2 unspecified atom stereocenters. The van der Waals surface area contributed by atoms with E-state index in [-0.39, 0.29) is 30.7 Å². The lowest BCUT2D eigenvalue weighted by atomic mass is 9.80. The third kappa shape index (κ3) is 6.40. The van der Waals surface area contributed by atoms with Crippen molar-refractivity contribution in [3.8, 4) is 0 Å². The van der Waals surface area contributed by atoms with Gasteiger partial charge in [0.2, 0.25) is 5.91 Å². The lowest BCUT2D eigenvalue weighted by Gasteiger charge is -2.34. The van der Waals surface area contributed by atoms with Crippen LogP contribution in [0.4, 0.5) is 5.69 Å². The highest BCUT2D eigenvalue weighted by molar-refractivity contribution is 6.02. The monoisotopic (exact) mass is 561 g/mol. The molecule has 2 atom stereocenters. The van der Waals surface area contributed by atoms with Crippen molar-refractivity contribution in [1.29, 1.82) is 5.41 Å². The zero-order valence-corrected chi connectivity index (χ0v) is 24.1. The van der Waals surface area contributed by atoms with E-state index in [9.17, 15) is 14.4 Å². The fourth-order valence-electron chi connectivity index (χ4n) is 5.19. The van der Waals surface area contributed by atoms with E-state index in [1.807, 2.05) is 53.8 Å². The molecule has 0 bridgehead atoms. The third-order valence-electron chi connectivity index (χ3n) is 7.71. The molecule has 1 aliphatic rings. The smallest absolute Gasteiger partial charge is 0.330 e. The maximum atomic E-state index is 13.9. The van der Waals surface area contributed by atoms with Crippen LogP contribution in [0.25, 0.3) is 11.0 Å². The first-order valence-electron chi connectivity index (χ1n) is 13.9. The number of Topliss-reactive ketones (excluding diaryl/α,β-unsaturated/α-hetero) is 1. The average molecular weight is 562 g/mol. The van der Waals surface area contributed by atoms with Crippen LogP contribution in [-0.2, 0) is 38.1 Å². The highest BCUT2D eigenvalue weighted by Crippen LogP contribution is 2.31. The van der Waals surface area contributed by atoms with Crippen LogP contribution in [0.2, 0.25) is 0 Å². The predicted molar refractivity (Wildman–Crippen MR) is 158 cm³/mol. The SMILES string of the molecule is CCOC(=O)C(NCC(C)(C(=O)N1CCCC1)c1ccc2c(c1)nc(CNc1ccc(C(=N)N)cc1)n2C)C(C)=O. The fraction of sp³-hybridized carbons (Fsp3) is 0.433. The van der Waals surface area contributed by atoms with Crippen LogP contribution in [0, 0.1) is 5.41 Å². The molecule has 2 aromatic carbocycles. The van der Waals surface area contributed by atoms with Gasteiger partial charge in [0, 0.05) is 37.9 Å². The number of fused-ring (bicyclic) bond motifs is 1. The lowest BCUT2D eigenvalue weighted by Crippen LogP contribution is -2.54. The topological polar surface area (TPSA) is 155 Å². The summed E-state index contributed by atoms with van der Waals surface area (Å²) in [6, 6.07) is 11.9. The normalized spacial score (nSPS) is 15.4. The van der Waals surface area contributed by atoms with E-state index in [0.29, 0.717) is 25.2 Å². The van der Waals surface area contributed by atoms with Gasteiger partial charge in [-0.05, 0) is 75.6 Å². The maximum Gasteiger partial charge on any atom is 0.330 e. The fourth-order valence-corrected chi connectivity index (χ4v) is 5.19. The van der Waals surface area contributed by atoms with Crippen molar-refractivity contribution in [1.82, 2.24) is 19.8 Å². The Bertz CT molecular complexity index is 1440. The number of aromatic nitrogens is 2. The van der Waals surface area contributed by atoms with E-state index in [4.69, 9.17) is 20.9 Å². The van der Waals surface area contributed by atoms with Crippen molar-refractivity contribution in [2.75, 3.05) is 31.6 Å². The number of carbonyl (C=O) groups is 3. The number of esters is 1. The minimum Gasteiger partial charge on any atom is -0.464 e. The molecule has 5 N–H and O–H groups in total. The van der Waals surface area contributed by atoms with E-state index >= 15 is 0 Å². The summed E-state index contributed by atoms with van der Waals surface area (Å²) in [7, 11) is 1.94. The predicted octanol–water partition coefficient (Wildman–Crippen LogP) is 2.46. The molecule has 41 heavy (non-hydrogen) atoms. The van der Waals surface area contributed by atoms with Crippen LogP contribution in [0.1, 0.15) is 50.6 Å². The Hall–Kier alpha value is -4.25. The molecule has 0 aliphatic carbocycles. The Morgan fingerprint density at radius 3 is 2.44 bits per heavy atom. The maximum absolute atomic E-state index is 13.9. The van der Waals surface area contributed by atoms with Gasteiger partial charge >= 0.3 is 5.97 Å². The van der Waals surface area contributed by atoms with Gasteiger partial charge in [0.25, 0.3) is 0 Å². The van der Waals surface area contributed by atoms with Crippen molar-refractivity contribution < 1.29 is 19.1 Å². The molecule has 3 aromatic rings. The standard InChI is InChI=1S/C30H39N7O4/c1-5-41-28(39)26(19(2)38)34-18-30(3,29(40)37-14-6-7-15-37)21-10-13-24-23(16-21)35-25(36(24)4)17-33-22-11-8-20(9-12-22)27(31)32/h8-13,16,26,33-34H,5-7,14-15,17-18H2,1-4H3,(H3,31,32). The Kier molecular flexibility index (Phi) is 9.07. The first-order valence-corrected chi connectivity index (χ1v) is 13.9. The second-order valence-corrected chi connectivity index (χ2v) is 10.6. The summed E-state index contributed by atoms with van der Waals surface area (Å²) >= 11 is 0. The molecular weight excluding hydrogens is 522 g/mol. The van der Waals surface area contributed by atoms with E-state index in [1.165, 1.54) is 6.92 Å². The minimum atomic E-state index is -1.15. The van der Waals surface area contributed by atoms with Gasteiger partial charge in [-0.1, -0.05) is 6.07 Å². The molecule has 1 aliphatic heterocycles. The van der Waals surface area contributed by atoms with Crippen LogP contribution in [0.3, 0.4) is 0 Å². The molecule has 218 valence electrons. The Balaban J connectivity index is 1.61. The van der Waals surface area contributed by atoms with Crippen LogP contribution >= 0.6 is 0 Å². The number of ketones is 1. The number of aryl methyl sites for hydroxylation is 1. The number of carbonyl (C=O) groups excluding carboxylic acids is 3. The van der Waals surface area contributed by atoms with E-state index < -0.39 is 17.4 Å². The number of benzene rings is 2. The molecule has 1 aromatic heterocycles. The molecule has 11 nitrogen and oxygen atoms in total. The number of likely N-dealkylation sites (tertiary alicyclic amines) is 1. The Labute approximate surface area is 239 Å². The molecule has 1 fully saturated rings. The zero-order valence-electron chi connectivity index (χ0n) is 24.1. The summed E-state index contributed by atoms with van der Waals surface area (Å²) < 4.78 is 7.09. The second-order valence-electron chi connectivity index (χ2n) is 10.6. The molecule has 1 amide bonds. The molecule has 2 heterocycles. The largest absolute Gasteiger partial charge is 0.464 e. The number of nitrogens with two attached hydrogens (primary N) is 1. The molecule has 0 saturated carbocycles. The molecule has 11 heteroatoms. The van der Waals surface area contributed by atoms with Gasteiger partial charge in [-0.3, -0.25) is 20.3 Å². The van der Waals surface area contributed by atoms with Crippen molar-refractivity contribution >= 4 is 40.2 Å². The molecule has 0 radical (unpaired) electrons. The van der Waals surface area contributed by atoms with Crippen LogP contribution < -0.4 is 16.4 Å². The quantitative estimate of drug-likeness (QED) is 0.114. The van der Waals surface area contributed by atoms with Gasteiger partial charge < -0.3 is 25.3 Å². The number of amidine groups is 1. The van der Waals surface area contributed by atoms with Gasteiger partial charge in [-0.2, -0.15) is 0 Å². The molecule has 0 spiro atoms. The van der Waals surface area contributed by atoms with E-state index in [1.54, 1.807) is 19.1 Å². The summed E-state index contributed by atoms with van der Waals surface area (Å²) in [6.07, 6.45) is 1.89. The zero-order chi connectivity index (χ0) is 29.7. The molecular formula is C30H39N7O4. The first kappa shape index (κ1) is 29.7. The Morgan fingerprint density at radius 2 is 1.83 bits per heavy atom. The van der Waals surface area contributed by atoms with E-state index in [2.05, 4.69) is 10.6 Å². The number of rotatable bonds is 12. The number of nitrogens with one attached hydrogen (secondary N) is 3. The number of imidazole rings is 1. The minimum absolute atomic E-state index is 0.0193. The second kappa shape index (κ2) is 12.5. The summed E-state index contributed by atoms with van der Waals surface area (Å²) in [5, 5.41) is 13.9. The lowest BCUT2D eigenvalue weighted by molar-refractivity contribution is -0.149. The Morgan fingerprint density at radius 1 is 1.15 bits per heavy atom. The number of amides is 1. The number of nitrogens with zero attached hydrogens (tertiary/aromatic N) is 3. The van der Waals surface area contributed by atoms with E-state index in [0.717, 1.165) is 41.0 Å². The number of hydrogen-bond acceptors (Lipinski definition) is 8. The number of nitrogen functional groups attached to an aromatic ring is 1. The number of hydrogen-bond donors (Lipinski definition) is 4. The molecule has 1 saturated heterocycles. The molecule has 4 rings (SSSR count). The number of anilines is 1. The average Bonchev–Trinajstić information content (AvgIpc) is 3.59. The summed E-state index contributed by atoms with van der Waals surface area (Å²) in [4.78, 5) is 45.3. The first-order chi connectivity index (χ1) is 19.5. The summed E-state index contributed by atoms with van der Waals surface area (Å²) in [6.45, 7) is 6.92.